The summed E-state index contributed by atoms with van der Waals surface area (Å²) in [7, 11) is 1.70. The number of hydrogen-bond donors (Lipinski definition) is 1. The molecular formula is C20H20N2O3. The summed E-state index contributed by atoms with van der Waals surface area (Å²) in [5, 5.41) is 2.88. The summed E-state index contributed by atoms with van der Waals surface area (Å²) in [6.45, 7) is 1.90. The number of ether oxygens (including phenoxy) is 1. The molecule has 4 rings (SSSR count). The molecule has 2 aliphatic rings. The van der Waals surface area contributed by atoms with Gasteiger partial charge in [0.05, 0.1) is 0 Å². The van der Waals surface area contributed by atoms with Gasteiger partial charge < -0.3 is 15.0 Å². The highest BCUT2D eigenvalue weighted by molar-refractivity contribution is 6.08. The molecular weight excluding hydrogens is 316 g/mol. The minimum atomic E-state index is -0.761. The van der Waals surface area contributed by atoms with E-state index in [2.05, 4.69) is 5.32 Å². The Balaban J connectivity index is 1.73. The lowest BCUT2D eigenvalue weighted by molar-refractivity contribution is -0.170. The molecule has 2 bridgehead atoms. The predicted molar refractivity (Wildman–Crippen MR) is 94.2 cm³/mol. The Morgan fingerprint density at radius 2 is 1.84 bits per heavy atom. The molecule has 2 aliphatic heterocycles. The summed E-state index contributed by atoms with van der Waals surface area (Å²) < 4.78 is 6.09. The highest BCUT2D eigenvalue weighted by atomic mass is 16.5. The second kappa shape index (κ2) is 5.62. The maximum Gasteiger partial charge on any atom is 0.238 e. The number of anilines is 1. The van der Waals surface area contributed by atoms with E-state index in [9.17, 15) is 9.59 Å². The lowest BCUT2D eigenvalue weighted by Gasteiger charge is -2.51. The van der Waals surface area contributed by atoms with Crippen LogP contribution >= 0.6 is 0 Å². The molecule has 1 N–H and O–H groups in total. The van der Waals surface area contributed by atoms with Gasteiger partial charge in [0, 0.05) is 25.1 Å². The smallest absolute Gasteiger partial charge is 0.238 e. The Hall–Kier alpha value is -2.82. The first-order chi connectivity index (χ1) is 12.0. The summed E-state index contributed by atoms with van der Waals surface area (Å²) in [5.41, 5.74) is 0.894. The van der Waals surface area contributed by atoms with Crippen LogP contribution in [0.15, 0.2) is 54.6 Å². The minimum Gasteiger partial charge on any atom is -0.468 e. The van der Waals surface area contributed by atoms with Gasteiger partial charge in [-0.1, -0.05) is 36.4 Å². The fourth-order valence-corrected chi connectivity index (χ4v) is 3.83. The number of hydrogen-bond acceptors (Lipinski definition) is 3. The molecule has 2 aromatic carbocycles. The van der Waals surface area contributed by atoms with E-state index in [1.54, 1.807) is 11.9 Å². The molecule has 0 aliphatic carbocycles. The first-order valence-electron chi connectivity index (χ1n) is 8.41. The molecule has 3 atom stereocenters. The van der Waals surface area contributed by atoms with Crippen LogP contribution in [-0.4, -0.2) is 29.5 Å². The number of likely N-dealkylation sites (tertiary alicyclic amines) is 1. The average Bonchev–Trinajstić information content (AvgIpc) is 2.61. The van der Waals surface area contributed by atoms with E-state index in [0.29, 0.717) is 12.1 Å². The van der Waals surface area contributed by atoms with Gasteiger partial charge in [-0.05, 0) is 30.7 Å². The number of nitrogens with zero attached hydrogens (tertiary/aromatic N) is 1. The van der Waals surface area contributed by atoms with Crippen molar-refractivity contribution >= 4 is 17.5 Å². The molecule has 1 fully saturated rings. The summed E-state index contributed by atoms with van der Waals surface area (Å²) in [5.74, 6) is -0.683. The zero-order chi connectivity index (χ0) is 17.6. The van der Waals surface area contributed by atoms with Gasteiger partial charge in [0.25, 0.3) is 0 Å². The monoisotopic (exact) mass is 336 g/mol. The molecule has 128 valence electrons. The number of para-hydroxylation sites is 2. The highest BCUT2D eigenvalue weighted by Crippen LogP contribution is 2.49. The lowest BCUT2D eigenvalue weighted by Crippen LogP contribution is -2.62. The largest absolute Gasteiger partial charge is 0.468 e. The molecule has 2 amide bonds. The predicted octanol–water partition coefficient (Wildman–Crippen LogP) is 3.00. The second-order valence-electron chi connectivity index (χ2n) is 6.86. The van der Waals surface area contributed by atoms with Crippen LogP contribution in [0.5, 0.6) is 5.75 Å². The van der Waals surface area contributed by atoms with Crippen LogP contribution in [-0.2, 0) is 9.59 Å². The van der Waals surface area contributed by atoms with Crippen molar-refractivity contribution in [3.05, 3.63) is 60.2 Å². The fourth-order valence-electron chi connectivity index (χ4n) is 3.83. The molecule has 0 radical (unpaired) electrons. The molecule has 5 nitrogen and oxygen atoms in total. The van der Waals surface area contributed by atoms with E-state index >= 15 is 0 Å². The van der Waals surface area contributed by atoms with Crippen molar-refractivity contribution in [1.82, 2.24) is 4.90 Å². The van der Waals surface area contributed by atoms with E-state index in [1.165, 1.54) is 0 Å². The number of carbonyl (C=O) groups is 2. The summed E-state index contributed by atoms with van der Waals surface area (Å²) in [4.78, 5) is 27.5. The third-order valence-corrected chi connectivity index (χ3v) is 5.28. The van der Waals surface area contributed by atoms with Crippen LogP contribution in [0.2, 0.25) is 0 Å². The van der Waals surface area contributed by atoms with Crippen LogP contribution in [0.25, 0.3) is 0 Å². The molecule has 0 aromatic heterocycles. The van der Waals surface area contributed by atoms with Crippen LogP contribution < -0.4 is 10.1 Å². The zero-order valence-corrected chi connectivity index (χ0v) is 14.2. The number of fused-ring (bicyclic) bond motifs is 4. The van der Waals surface area contributed by atoms with Gasteiger partial charge in [0.1, 0.15) is 11.7 Å². The number of nitrogens with one attached hydrogen (secondary N) is 1. The molecule has 25 heavy (non-hydrogen) atoms. The summed E-state index contributed by atoms with van der Waals surface area (Å²) in [6.07, 6.45) is 0.596. The normalized spacial score (nSPS) is 27.3. The van der Waals surface area contributed by atoms with Crippen LogP contribution in [0.3, 0.4) is 0 Å². The lowest BCUT2D eigenvalue weighted by atomic mass is 9.73. The van der Waals surface area contributed by atoms with Crippen molar-refractivity contribution in [1.29, 1.82) is 0 Å². The standard InChI is InChI=1S/C20H20N2O3/c1-20-12-15(14-10-6-7-11-16(14)25-20)17(19(24)22(20)2)18(23)21-13-8-4-3-5-9-13/h3-11,15,17H,12H2,1-2H3,(H,21,23)/t15-,17-,20+/m1/s1. The topological polar surface area (TPSA) is 58.6 Å². The van der Waals surface area contributed by atoms with Crippen molar-refractivity contribution in [3.8, 4) is 5.75 Å². The van der Waals surface area contributed by atoms with E-state index in [-0.39, 0.29) is 17.7 Å². The minimum absolute atomic E-state index is 0.192. The van der Waals surface area contributed by atoms with Gasteiger partial charge in [-0.15, -0.1) is 0 Å². The van der Waals surface area contributed by atoms with Gasteiger partial charge in [0.15, 0.2) is 5.72 Å². The zero-order valence-electron chi connectivity index (χ0n) is 14.2. The Morgan fingerprint density at radius 3 is 2.60 bits per heavy atom. The molecule has 0 spiro atoms. The Bertz CT molecular complexity index is 836. The first kappa shape index (κ1) is 15.7. The fraction of sp³-hybridized carbons (Fsp3) is 0.300. The van der Waals surface area contributed by atoms with E-state index in [1.807, 2.05) is 61.5 Å². The molecule has 5 heteroatoms. The maximum atomic E-state index is 13.0. The van der Waals surface area contributed by atoms with Crippen LogP contribution in [0.4, 0.5) is 5.69 Å². The third-order valence-electron chi connectivity index (χ3n) is 5.28. The van der Waals surface area contributed by atoms with E-state index in [0.717, 1.165) is 11.3 Å². The van der Waals surface area contributed by atoms with Crippen molar-refractivity contribution in [2.45, 2.75) is 25.0 Å². The third kappa shape index (κ3) is 2.47. The first-order valence-corrected chi connectivity index (χ1v) is 8.41. The van der Waals surface area contributed by atoms with Gasteiger partial charge in [-0.3, -0.25) is 9.59 Å². The van der Waals surface area contributed by atoms with Gasteiger partial charge in [0.2, 0.25) is 11.8 Å². The quantitative estimate of drug-likeness (QED) is 0.858. The number of piperidine rings is 1. The number of amides is 2. The average molecular weight is 336 g/mol. The van der Waals surface area contributed by atoms with Crippen LogP contribution in [0, 0.1) is 5.92 Å². The Labute approximate surface area is 146 Å². The van der Waals surface area contributed by atoms with E-state index < -0.39 is 11.6 Å². The second-order valence-corrected chi connectivity index (χ2v) is 6.86. The number of benzene rings is 2. The van der Waals surface area contributed by atoms with Crippen molar-refractivity contribution in [2.75, 3.05) is 12.4 Å². The summed E-state index contributed by atoms with van der Waals surface area (Å²) >= 11 is 0. The summed E-state index contributed by atoms with van der Waals surface area (Å²) in [6, 6.07) is 16.9. The SMILES string of the molecule is CN1C(=O)[C@@H](C(=O)Nc2ccccc2)[C@@H]2C[C@]1(C)Oc1ccccc12. The Kier molecular flexibility index (Phi) is 3.53. The van der Waals surface area contributed by atoms with Crippen molar-refractivity contribution in [3.63, 3.8) is 0 Å². The van der Waals surface area contributed by atoms with Gasteiger partial charge in [-0.25, -0.2) is 0 Å². The number of carbonyl (C=O) groups excluding carboxylic acids is 2. The highest BCUT2D eigenvalue weighted by Gasteiger charge is 2.54. The van der Waals surface area contributed by atoms with Crippen molar-refractivity contribution in [2.24, 2.45) is 5.92 Å². The van der Waals surface area contributed by atoms with Crippen molar-refractivity contribution < 1.29 is 14.3 Å². The Morgan fingerprint density at radius 1 is 1.16 bits per heavy atom. The van der Waals surface area contributed by atoms with E-state index in [4.69, 9.17) is 4.74 Å². The molecule has 0 saturated carbocycles. The number of rotatable bonds is 2. The van der Waals surface area contributed by atoms with Crippen LogP contribution in [0.1, 0.15) is 24.8 Å². The molecule has 1 saturated heterocycles. The molecule has 0 unspecified atom stereocenters. The van der Waals surface area contributed by atoms with Gasteiger partial charge in [-0.2, -0.15) is 0 Å². The molecule has 2 aromatic rings. The maximum absolute atomic E-state index is 13.0. The van der Waals surface area contributed by atoms with Gasteiger partial charge >= 0.3 is 0 Å². The molecule has 2 heterocycles.